The second-order valence-electron chi connectivity index (χ2n) is 6.17. The fourth-order valence-electron chi connectivity index (χ4n) is 2.38. The van der Waals surface area contributed by atoms with Crippen molar-refractivity contribution in [3.63, 3.8) is 0 Å². The van der Waals surface area contributed by atoms with E-state index in [1.54, 1.807) is 0 Å². The van der Waals surface area contributed by atoms with Gasteiger partial charge in [0.15, 0.2) is 0 Å². The monoisotopic (exact) mass is 267 g/mol. The molecule has 0 radical (unpaired) electrons. The molecule has 1 unspecified atom stereocenters. The summed E-state index contributed by atoms with van der Waals surface area (Å²) in [6.45, 7) is 9.77. The molecular weight excluding hydrogens is 246 g/mol. The molecule has 4 heteroatoms. The molecule has 0 saturated carbocycles. The maximum Gasteiger partial charge on any atom is 0.224 e. The Morgan fingerprint density at radius 2 is 2.00 bits per heavy atom. The van der Waals surface area contributed by atoms with Crippen LogP contribution < -0.4 is 4.90 Å². The second kappa shape index (κ2) is 5.04. The van der Waals surface area contributed by atoms with Crippen LogP contribution in [0.25, 0.3) is 0 Å². The zero-order valence-corrected chi connectivity index (χ0v) is 12.5. The lowest BCUT2D eigenvalue weighted by atomic mass is 9.92. The molecule has 100 valence electrons. The van der Waals surface area contributed by atoms with E-state index in [1.165, 1.54) is 19.3 Å². The highest BCUT2D eigenvalue weighted by Gasteiger charge is 2.23. The molecule has 0 spiro atoms. The van der Waals surface area contributed by atoms with Crippen LogP contribution in [0.1, 0.15) is 52.7 Å². The fourth-order valence-corrected chi connectivity index (χ4v) is 2.55. The van der Waals surface area contributed by atoms with E-state index in [9.17, 15) is 0 Å². The van der Waals surface area contributed by atoms with Crippen molar-refractivity contribution in [3.8, 4) is 0 Å². The molecule has 3 nitrogen and oxygen atoms in total. The number of nitrogens with zero attached hydrogens (tertiary/aromatic N) is 3. The average Bonchev–Trinajstić information content (AvgIpc) is 2.27. The third kappa shape index (κ3) is 2.94. The van der Waals surface area contributed by atoms with Crippen molar-refractivity contribution in [3.05, 3.63) is 17.0 Å². The number of halogens is 1. The van der Waals surface area contributed by atoms with Crippen LogP contribution in [-0.2, 0) is 5.41 Å². The Hall–Kier alpha value is -0.830. The predicted octanol–water partition coefficient (Wildman–Crippen LogP) is 3.81. The van der Waals surface area contributed by atoms with Crippen molar-refractivity contribution in [2.75, 3.05) is 11.4 Å². The van der Waals surface area contributed by atoms with Crippen LogP contribution >= 0.6 is 11.6 Å². The molecule has 1 aliphatic heterocycles. The van der Waals surface area contributed by atoms with Crippen molar-refractivity contribution in [1.29, 1.82) is 0 Å². The van der Waals surface area contributed by atoms with Gasteiger partial charge in [-0.25, -0.2) is 9.97 Å². The molecule has 0 bridgehead atoms. The first kappa shape index (κ1) is 13.6. The third-order valence-electron chi connectivity index (χ3n) is 3.55. The summed E-state index contributed by atoms with van der Waals surface area (Å²) in [5.74, 6) is 0.979. The lowest BCUT2D eigenvalue weighted by Crippen LogP contribution is -2.38. The SMILES string of the molecule is CC1CCCCN1c1cc(C(C)(C)C)nc(Cl)n1. The summed E-state index contributed by atoms with van der Waals surface area (Å²) in [5, 5.41) is 0.357. The van der Waals surface area contributed by atoms with Crippen LogP contribution in [0.4, 0.5) is 5.82 Å². The van der Waals surface area contributed by atoms with E-state index < -0.39 is 0 Å². The van der Waals surface area contributed by atoms with Gasteiger partial charge in [-0.15, -0.1) is 0 Å². The van der Waals surface area contributed by atoms with Gasteiger partial charge >= 0.3 is 0 Å². The summed E-state index contributed by atoms with van der Waals surface area (Å²) in [6, 6.07) is 2.63. The summed E-state index contributed by atoms with van der Waals surface area (Å²) in [5.41, 5.74) is 1.01. The van der Waals surface area contributed by atoms with Gasteiger partial charge in [0.2, 0.25) is 5.28 Å². The van der Waals surface area contributed by atoms with E-state index in [4.69, 9.17) is 11.6 Å². The minimum atomic E-state index is 0.000352. The zero-order chi connectivity index (χ0) is 13.3. The zero-order valence-electron chi connectivity index (χ0n) is 11.7. The van der Waals surface area contributed by atoms with E-state index in [0.717, 1.165) is 18.1 Å². The number of rotatable bonds is 1. The molecular formula is C14H22ClN3. The van der Waals surface area contributed by atoms with Crippen LogP contribution in [0, 0.1) is 0 Å². The summed E-state index contributed by atoms with van der Waals surface area (Å²) >= 11 is 6.07. The van der Waals surface area contributed by atoms with Crippen molar-refractivity contribution >= 4 is 17.4 Å². The number of anilines is 1. The van der Waals surface area contributed by atoms with E-state index in [2.05, 4.69) is 48.6 Å². The van der Waals surface area contributed by atoms with Crippen LogP contribution in [0.3, 0.4) is 0 Å². The van der Waals surface area contributed by atoms with E-state index in [0.29, 0.717) is 11.3 Å². The quantitative estimate of drug-likeness (QED) is 0.725. The van der Waals surface area contributed by atoms with Crippen molar-refractivity contribution in [2.45, 2.75) is 58.4 Å². The summed E-state index contributed by atoms with van der Waals surface area (Å²) in [6.07, 6.45) is 3.77. The molecule has 1 aromatic heterocycles. The molecule has 1 saturated heterocycles. The molecule has 1 aliphatic rings. The molecule has 2 heterocycles. The topological polar surface area (TPSA) is 29.0 Å². The minimum absolute atomic E-state index is 0.000352. The van der Waals surface area contributed by atoms with Crippen molar-refractivity contribution in [1.82, 2.24) is 9.97 Å². The maximum absolute atomic E-state index is 6.07. The highest BCUT2D eigenvalue weighted by Crippen LogP contribution is 2.28. The van der Waals surface area contributed by atoms with Gasteiger partial charge in [-0.2, -0.15) is 0 Å². The second-order valence-corrected chi connectivity index (χ2v) is 6.51. The van der Waals surface area contributed by atoms with Crippen LogP contribution in [0.2, 0.25) is 5.28 Å². The standard InChI is InChI=1S/C14H22ClN3/c1-10-7-5-6-8-18(10)12-9-11(14(2,3)4)16-13(15)17-12/h9-10H,5-8H2,1-4H3. The maximum atomic E-state index is 6.07. The molecule has 1 aromatic rings. The lowest BCUT2D eigenvalue weighted by molar-refractivity contribution is 0.479. The van der Waals surface area contributed by atoms with E-state index in [1.807, 2.05) is 0 Å². The van der Waals surface area contributed by atoms with E-state index >= 15 is 0 Å². The van der Waals surface area contributed by atoms with Gasteiger partial charge < -0.3 is 4.90 Å². The predicted molar refractivity (Wildman–Crippen MR) is 76.4 cm³/mol. The Bertz CT molecular complexity index is 426. The van der Waals surface area contributed by atoms with Gasteiger partial charge in [0.25, 0.3) is 0 Å². The highest BCUT2D eigenvalue weighted by molar-refractivity contribution is 6.28. The molecule has 0 N–H and O–H groups in total. The van der Waals surface area contributed by atoms with Gasteiger partial charge in [0.05, 0.1) is 5.69 Å². The molecule has 1 fully saturated rings. The Morgan fingerprint density at radius 3 is 2.61 bits per heavy atom. The highest BCUT2D eigenvalue weighted by atomic mass is 35.5. The largest absolute Gasteiger partial charge is 0.354 e. The first-order chi connectivity index (χ1) is 8.38. The normalized spacial score (nSPS) is 21.2. The molecule has 0 aromatic carbocycles. The number of hydrogen-bond acceptors (Lipinski definition) is 3. The first-order valence-electron chi connectivity index (χ1n) is 6.69. The lowest BCUT2D eigenvalue weighted by Gasteiger charge is -2.35. The summed E-state index contributed by atoms with van der Waals surface area (Å²) < 4.78 is 0. The van der Waals surface area contributed by atoms with Gasteiger partial charge in [0, 0.05) is 24.1 Å². The van der Waals surface area contributed by atoms with Crippen molar-refractivity contribution in [2.24, 2.45) is 0 Å². The Labute approximate surface area is 115 Å². The Kier molecular flexibility index (Phi) is 3.81. The summed E-state index contributed by atoms with van der Waals surface area (Å²) in [7, 11) is 0. The van der Waals surface area contributed by atoms with E-state index in [-0.39, 0.29) is 5.41 Å². The fraction of sp³-hybridized carbons (Fsp3) is 0.714. The minimum Gasteiger partial charge on any atom is -0.354 e. The van der Waals surface area contributed by atoms with Gasteiger partial charge in [-0.05, 0) is 37.8 Å². The molecule has 2 rings (SSSR count). The number of piperidine rings is 1. The number of aromatic nitrogens is 2. The number of hydrogen-bond donors (Lipinski definition) is 0. The third-order valence-corrected chi connectivity index (χ3v) is 3.72. The van der Waals surface area contributed by atoms with Crippen LogP contribution in [-0.4, -0.2) is 22.6 Å². The summed E-state index contributed by atoms with van der Waals surface area (Å²) in [4.78, 5) is 11.1. The van der Waals surface area contributed by atoms with Gasteiger partial charge in [-0.3, -0.25) is 0 Å². The first-order valence-corrected chi connectivity index (χ1v) is 7.07. The Balaban J connectivity index is 2.35. The molecule has 0 aliphatic carbocycles. The van der Waals surface area contributed by atoms with Crippen LogP contribution in [0.5, 0.6) is 0 Å². The molecule has 18 heavy (non-hydrogen) atoms. The average molecular weight is 268 g/mol. The van der Waals surface area contributed by atoms with Crippen molar-refractivity contribution < 1.29 is 0 Å². The molecule has 1 atom stereocenters. The molecule has 0 amide bonds. The van der Waals surface area contributed by atoms with Gasteiger partial charge in [-0.1, -0.05) is 20.8 Å². The smallest absolute Gasteiger partial charge is 0.224 e. The van der Waals surface area contributed by atoms with Gasteiger partial charge in [0.1, 0.15) is 5.82 Å². The van der Waals surface area contributed by atoms with Crippen LogP contribution in [0.15, 0.2) is 6.07 Å². The Morgan fingerprint density at radius 1 is 1.28 bits per heavy atom.